The van der Waals surface area contributed by atoms with Gasteiger partial charge in [-0.1, -0.05) is 0 Å². The summed E-state index contributed by atoms with van der Waals surface area (Å²) in [6.45, 7) is 3.43. The number of nitrogens with zero attached hydrogens (tertiary/aromatic N) is 2. The molecule has 0 atom stereocenters. The zero-order chi connectivity index (χ0) is 17.2. The number of alkyl halides is 3. The van der Waals surface area contributed by atoms with Gasteiger partial charge in [0.2, 0.25) is 5.95 Å². The lowest BCUT2D eigenvalue weighted by Crippen LogP contribution is -2.17. The molecule has 0 aliphatic carbocycles. The van der Waals surface area contributed by atoms with Crippen molar-refractivity contribution in [2.75, 3.05) is 10.6 Å². The van der Waals surface area contributed by atoms with Crippen molar-refractivity contribution < 1.29 is 22.0 Å². The number of benzene rings is 1. The van der Waals surface area contributed by atoms with E-state index < -0.39 is 23.5 Å². The van der Waals surface area contributed by atoms with Crippen molar-refractivity contribution in [3.05, 3.63) is 41.6 Å². The minimum absolute atomic E-state index is 0.0613. The predicted octanol–water partition coefficient (Wildman–Crippen LogP) is 4.34. The second-order valence-electron chi connectivity index (χ2n) is 5.01. The fraction of sp³-hybridized carbons (Fsp3) is 0.286. The number of hydrogen-bond donors (Lipinski definition) is 2. The Morgan fingerprint density at radius 2 is 1.70 bits per heavy atom. The molecule has 23 heavy (non-hydrogen) atoms. The van der Waals surface area contributed by atoms with Crippen LogP contribution in [0.15, 0.2) is 24.3 Å². The van der Waals surface area contributed by atoms with Crippen molar-refractivity contribution in [2.45, 2.75) is 26.1 Å². The Morgan fingerprint density at radius 3 is 2.26 bits per heavy atom. The smallest absolute Gasteiger partial charge is 0.352 e. The van der Waals surface area contributed by atoms with Crippen molar-refractivity contribution in [1.29, 1.82) is 0 Å². The maximum Gasteiger partial charge on any atom is 0.433 e. The van der Waals surface area contributed by atoms with Crippen LogP contribution in [-0.4, -0.2) is 16.0 Å². The highest BCUT2D eigenvalue weighted by Gasteiger charge is 2.33. The number of nitrogens with one attached hydrogen (secondary N) is 2. The second-order valence-corrected chi connectivity index (χ2v) is 5.01. The summed E-state index contributed by atoms with van der Waals surface area (Å²) in [5.74, 6) is -2.60. The molecule has 0 saturated carbocycles. The van der Waals surface area contributed by atoms with Crippen LogP contribution in [0.2, 0.25) is 0 Å². The number of rotatable bonds is 4. The van der Waals surface area contributed by atoms with Gasteiger partial charge >= 0.3 is 6.18 Å². The van der Waals surface area contributed by atoms with Crippen molar-refractivity contribution >= 4 is 17.5 Å². The predicted molar refractivity (Wildman–Crippen MR) is 75.4 cm³/mol. The fourth-order valence-electron chi connectivity index (χ4n) is 1.70. The lowest BCUT2D eigenvalue weighted by atomic mass is 10.3. The van der Waals surface area contributed by atoms with Crippen LogP contribution in [0.25, 0.3) is 0 Å². The summed E-state index contributed by atoms with van der Waals surface area (Å²) in [5.41, 5.74) is -1.09. The minimum atomic E-state index is -4.67. The van der Waals surface area contributed by atoms with Gasteiger partial charge in [0.05, 0.1) is 0 Å². The molecule has 0 unspecified atom stereocenters. The van der Waals surface area contributed by atoms with E-state index in [4.69, 9.17) is 0 Å². The molecular formula is C14H13F5N4. The molecule has 0 spiro atoms. The first kappa shape index (κ1) is 16.9. The van der Waals surface area contributed by atoms with Crippen LogP contribution in [0.1, 0.15) is 19.5 Å². The third kappa shape index (κ3) is 4.51. The van der Waals surface area contributed by atoms with Gasteiger partial charge in [0.25, 0.3) is 0 Å². The lowest BCUT2D eigenvalue weighted by molar-refractivity contribution is -0.141. The molecule has 2 aromatic rings. The van der Waals surface area contributed by atoms with Crippen molar-refractivity contribution in [1.82, 2.24) is 9.97 Å². The van der Waals surface area contributed by atoms with E-state index in [9.17, 15) is 22.0 Å². The Hall–Kier alpha value is -2.45. The highest BCUT2D eigenvalue weighted by molar-refractivity contribution is 5.58. The average molecular weight is 332 g/mol. The third-order valence-corrected chi connectivity index (χ3v) is 2.63. The summed E-state index contributed by atoms with van der Waals surface area (Å²) >= 11 is 0. The standard InChI is InChI=1S/C14H13F5N4/c1-7(2)20-13-22-11(14(17,18)19)6-12(23-13)21-8-3-4-9(15)10(16)5-8/h3-7H,1-2H3,(H2,20,21,22,23). The molecule has 0 saturated heterocycles. The summed E-state index contributed by atoms with van der Waals surface area (Å²) in [7, 11) is 0. The van der Waals surface area contributed by atoms with E-state index >= 15 is 0 Å². The fourth-order valence-corrected chi connectivity index (χ4v) is 1.70. The summed E-state index contributed by atoms with van der Waals surface area (Å²) in [4.78, 5) is 7.28. The van der Waals surface area contributed by atoms with E-state index in [0.717, 1.165) is 12.1 Å². The van der Waals surface area contributed by atoms with E-state index in [2.05, 4.69) is 20.6 Å². The third-order valence-electron chi connectivity index (χ3n) is 2.63. The van der Waals surface area contributed by atoms with Crippen molar-refractivity contribution in [3.8, 4) is 0 Å². The van der Waals surface area contributed by atoms with Crippen LogP contribution < -0.4 is 10.6 Å². The van der Waals surface area contributed by atoms with Crippen LogP contribution in [0.5, 0.6) is 0 Å². The van der Waals surface area contributed by atoms with Gasteiger partial charge in [-0.2, -0.15) is 18.2 Å². The molecule has 0 aliphatic rings. The molecular weight excluding hydrogens is 319 g/mol. The Balaban J connectivity index is 2.37. The number of halogens is 5. The van der Waals surface area contributed by atoms with Crippen LogP contribution in [0, 0.1) is 11.6 Å². The first-order chi connectivity index (χ1) is 10.6. The summed E-state index contributed by atoms with van der Waals surface area (Å²) < 4.78 is 64.7. The van der Waals surface area contributed by atoms with E-state index in [1.54, 1.807) is 13.8 Å². The van der Waals surface area contributed by atoms with Crippen LogP contribution in [-0.2, 0) is 6.18 Å². The zero-order valence-corrected chi connectivity index (χ0v) is 12.2. The van der Waals surface area contributed by atoms with Gasteiger partial charge in [0.15, 0.2) is 17.3 Å². The monoisotopic (exact) mass is 332 g/mol. The van der Waals surface area contributed by atoms with Gasteiger partial charge in [0, 0.05) is 23.9 Å². The molecule has 0 radical (unpaired) electrons. The number of anilines is 3. The lowest BCUT2D eigenvalue weighted by Gasteiger charge is -2.14. The largest absolute Gasteiger partial charge is 0.433 e. The molecule has 0 amide bonds. The quantitative estimate of drug-likeness (QED) is 0.818. The highest BCUT2D eigenvalue weighted by atomic mass is 19.4. The first-order valence-corrected chi connectivity index (χ1v) is 6.60. The molecule has 1 aromatic carbocycles. The van der Waals surface area contributed by atoms with Gasteiger partial charge in [-0.15, -0.1) is 0 Å². The summed E-state index contributed by atoms with van der Waals surface area (Å²) in [6, 6.07) is 3.36. The molecule has 9 heteroatoms. The Kier molecular flexibility index (Phi) is 4.67. The minimum Gasteiger partial charge on any atom is -0.352 e. The van der Waals surface area contributed by atoms with Crippen LogP contribution in [0.4, 0.5) is 39.4 Å². The van der Waals surface area contributed by atoms with Gasteiger partial charge in [-0.25, -0.2) is 13.8 Å². The Morgan fingerprint density at radius 1 is 1.00 bits per heavy atom. The summed E-state index contributed by atoms with van der Waals surface area (Å²) in [5, 5.41) is 5.17. The van der Waals surface area contributed by atoms with E-state index in [0.29, 0.717) is 6.07 Å². The van der Waals surface area contributed by atoms with Gasteiger partial charge in [-0.05, 0) is 26.0 Å². The average Bonchev–Trinajstić information content (AvgIpc) is 2.41. The van der Waals surface area contributed by atoms with Crippen molar-refractivity contribution in [3.63, 3.8) is 0 Å². The van der Waals surface area contributed by atoms with E-state index in [1.165, 1.54) is 6.07 Å². The normalized spacial score (nSPS) is 11.7. The second kappa shape index (κ2) is 6.35. The SMILES string of the molecule is CC(C)Nc1nc(Nc2ccc(F)c(F)c2)cc(C(F)(F)F)n1. The number of aromatic nitrogens is 2. The molecule has 0 bridgehead atoms. The van der Waals surface area contributed by atoms with Gasteiger partial charge in [-0.3, -0.25) is 0 Å². The number of hydrogen-bond acceptors (Lipinski definition) is 4. The molecule has 2 rings (SSSR count). The summed E-state index contributed by atoms with van der Waals surface area (Å²) in [6.07, 6.45) is -4.67. The Bertz CT molecular complexity index is 700. The zero-order valence-electron chi connectivity index (χ0n) is 12.2. The molecule has 1 aromatic heterocycles. The van der Waals surface area contributed by atoms with Crippen LogP contribution >= 0.6 is 0 Å². The molecule has 0 fully saturated rings. The molecule has 2 N–H and O–H groups in total. The topological polar surface area (TPSA) is 49.8 Å². The van der Waals surface area contributed by atoms with Gasteiger partial charge in [0.1, 0.15) is 5.82 Å². The van der Waals surface area contributed by atoms with Gasteiger partial charge < -0.3 is 10.6 Å². The maximum absolute atomic E-state index is 13.2. The molecule has 0 aliphatic heterocycles. The maximum atomic E-state index is 13.2. The van der Waals surface area contributed by atoms with E-state index in [1.807, 2.05) is 0 Å². The van der Waals surface area contributed by atoms with Crippen molar-refractivity contribution in [2.24, 2.45) is 0 Å². The highest BCUT2D eigenvalue weighted by Crippen LogP contribution is 2.30. The first-order valence-electron chi connectivity index (χ1n) is 6.60. The molecule has 1 heterocycles. The van der Waals surface area contributed by atoms with Crippen LogP contribution in [0.3, 0.4) is 0 Å². The molecule has 124 valence electrons. The van der Waals surface area contributed by atoms with E-state index in [-0.39, 0.29) is 23.5 Å². The Labute approximate surface area is 128 Å². The molecule has 4 nitrogen and oxygen atoms in total.